The molecule has 0 saturated heterocycles. The van der Waals surface area contributed by atoms with Crippen LogP contribution in [0.4, 0.5) is 0 Å². The highest BCUT2D eigenvalue weighted by atomic mass is 16.3. The Balaban J connectivity index is 2.34. The average Bonchev–Trinajstić information content (AvgIpc) is 2.26. The predicted octanol–water partition coefficient (Wildman–Crippen LogP) is 3.31. The molecule has 2 unspecified atom stereocenters. The van der Waals surface area contributed by atoms with Crippen LogP contribution in [0.3, 0.4) is 0 Å². The van der Waals surface area contributed by atoms with Crippen molar-refractivity contribution in [1.82, 2.24) is 5.32 Å². The van der Waals surface area contributed by atoms with Crippen LogP contribution in [-0.2, 0) is 6.54 Å². The van der Waals surface area contributed by atoms with E-state index in [0.29, 0.717) is 11.8 Å². The summed E-state index contributed by atoms with van der Waals surface area (Å²) >= 11 is 0. The van der Waals surface area contributed by atoms with Gasteiger partial charge in [0.05, 0.1) is 0 Å². The Bertz CT molecular complexity index is 311. The quantitative estimate of drug-likeness (QED) is 0.772. The Morgan fingerprint density at radius 3 is 2.69 bits per heavy atom. The third-order valence-corrected chi connectivity index (χ3v) is 3.02. The summed E-state index contributed by atoms with van der Waals surface area (Å²) in [5.74, 6) is 1.11. The van der Waals surface area contributed by atoms with Crippen molar-refractivity contribution in [3.05, 3.63) is 29.8 Å². The van der Waals surface area contributed by atoms with Gasteiger partial charge in [-0.1, -0.05) is 32.4 Å². The Hall–Kier alpha value is -1.02. The largest absolute Gasteiger partial charge is 0.508 e. The number of hydrogen-bond donors (Lipinski definition) is 2. The Morgan fingerprint density at radius 2 is 2.06 bits per heavy atom. The van der Waals surface area contributed by atoms with Crippen LogP contribution >= 0.6 is 0 Å². The first kappa shape index (κ1) is 13.0. The number of benzene rings is 1. The van der Waals surface area contributed by atoms with Crippen LogP contribution in [0.5, 0.6) is 5.75 Å². The molecule has 90 valence electrons. The molecule has 2 N–H and O–H groups in total. The highest BCUT2D eigenvalue weighted by molar-refractivity contribution is 5.26. The minimum Gasteiger partial charge on any atom is -0.508 e. The Morgan fingerprint density at radius 1 is 1.31 bits per heavy atom. The van der Waals surface area contributed by atoms with Crippen molar-refractivity contribution in [3.8, 4) is 5.75 Å². The van der Waals surface area contributed by atoms with E-state index < -0.39 is 0 Å². The lowest BCUT2D eigenvalue weighted by Gasteiger charge is -2.17. The van der Waals surface area contributed by atoms with E-state index >= 15 is 0 Å². The number of hydrogen-bond acceptors (Lipinski definition) is 2. The lowest BCUT2D eigenvalue weighted by Crippen LogP contribution is -2.27. The van der Waals surface area contributed by atoms with Gasteiger partial charge >= 0.3 is 0 Å². The number of rotatable bonds is 6. The van der Waals surface area contributed by atoms with Crippen LogP contribution in [0.25, 0.3) is 0 Å². The van der Waals surface area contributed by atoms with Crippen molar-refractivity contribution in [2.75, 3.05) is 0 Å². The lowest BCUT2D eigenvalue weighted by atomic mass is 10.0. The summed E-state index contributed by atoms with van der Waals surface area (Å²) in [5, 5.41) is 12.8. The second-order valence-corrected chi connectivity index (χ2v) is 4.70. The molecule has 2 nitrogen and oxygen atoms in total. The molecule has 1 aromatic rings. The van der Waals surface area contributed by atoms with Crippen LogP contribution in [0.15, 0.2) is 24.3 Å². The van der Waals surface area contributed by atoms with Gasteiger partial charge in [-0.3, -0.25) is 0 Å². The molecule has 0 saturated carbocycles. The van der Waals surface area contributed by atoms with Gasteiger partial charge in [0.25, 0.3) is 0 Å². The van der Waals surface area contributed by atoms with Crippen LogP contribution < -0.4 is 5.32 Å². The molecular formula is C14H23NO. The van der Waals surface area contributed by atoms with Crippen molar-refractivity contribution in [2.45, 2.75) is 46.2 Å². The minimum atomic E-state index is 0.342. The number of phenolic OH excluding ortho intramolecular Hbond substituents is 1. The standard InChI is InChI=1S/C14H23NO/c1-4-11(2)8-12(3)15-10-13-6-5-7-14(16)9-13/h5-7,9,11-12,15-16H,4,8,10H2,1-3H3. The average molecular weight is 221 g/mol. The van der Waals surface area contributed by atoms with Crippen LogP contribution in [0, 0.1) is 5.92 Å². The summed E-state index contributed by atoms with van der Waals surface area (Å²) in [6.45, 7) is 7.56. The maximum atomic E-state index is 9.33. The van der Waals surface area contributed by atoms with E-state index in [-0.39, 0.29) is 0 Å². The van der Waals surface area contributed by atoms with Crippen molar-refractivity contribution in [2.24, 2.45) is 5.92 Å². The molecule has 0 fully saturated rings. The first-order valence-corrected chi connectivity index (χ1v) is 6.13. The molecular weight excluding hydrogens is 198 g/mol. The highest BCUT2D eigenvalue weighted by Crippen LogP contribution is 2.12. The van der Waals surface area contributed by atoms with Gasteiger partial charge in [0.2, 0.25) is 0 Å². The van der Waals surface area contributed by atoms with E-state index in [1.54, 1.807) is 6.07 Å². The van der Waals surface area contributed by atoms with Crippen molar-refractivity contribution >= 4 is 0 Å². The van der Waals surface area contributed by atoms with E-state index in [9.17, 15) is 5.11 Å². The SMILES string of the molecule is CCC(C)CC(C)NCc1cccc(O)c1. The minimum absolute atomic E-state index is 0.342. The van der Waals surface area contributed by atoms with Gasteiger partial charge in [0, 0.05) is 12.6 Å². The van der Waals surface area contributed by atoms with E-state index in [4.69, 9.17) is 0 Å². The zero-order valence-corrected chi connectivity index (χ0v) is 10.5. The van der Waals surface area contributed by atoms with Gasteiger partial charge < -0.3 is 10.4 Å². The molecule has 0 spiro atoms. The fraction of sp³-hybridized carbons (Fsp3) is 0.571. The van der Waals surface area contributed by atoms with Crippen LogP contribution in [0.2, 0.25) is 0 Å². The van der Waals surface area contributed by atoms with E-state index in [1.165, 1.54) is 12.8 Å². The monoisotopic (exact) mass is 221 g/mol. The normalized spacial score (nSPS) is 14.7. The molecule has 0 radical (unpaired) electrons. The van der Waals surface area contributed by atoms with E-state index in [0.717, 1.165) is 18.0 Å². The summed E-state index contributed by atoms with van der Waals surface area (Å²) in [7, 11) is 0. The lowest BCUT2D eigenvalue weighted by molar-refractivity contribution is 0.411. The summed E-state index contributed by atoms with van der Waals surface area (Å²) in [6.07, 6.45) is 2.44. The highest BCUT2D eigenvalue weighted by Gasteiger charge is 2.06. The molecule has 2 heteroatoms. The zero-order valence-electron chi connectivity index (χ0n) is 10.5. The van der Waals surface area contributed by atoms with Crippen molar-refractivity contribution in [1.29, 1.82) is 0 Å². The molecule has 0 aliphatic heterocycles. The molecule has 0 heterocycles. The smallest absolute Gasteiger partial charge is 0.115 e. The third-order valence-electron chi connectivity index (χ3n) is 3.02. The molecule has 0 aliphatic rings. The number of aromatic hydroxyl groups is 1. The van der Waals surface area contributed by atoms with Gasteiger partial charge in [-0.05, 0) is 37.0 Å². The predicted molar refractivity (Wildman–Crippen MR) is 68.5 cm³/mol. The van der Waals surface area contributed by atoms with Gasteiger partial charge in [-0.15, -0.1) is 0 Å². The summed E-state index contributed by atoms with van der Waals surface area (Å²) in [4.78, 5) is 0. The maximum absolute atomic E-state index is 9.33. The third kappa shape index (κ3) is 4.67. The molecule has 0 bridgehead atoms. The van der Waals surface area contributed by atoms with Gasteiger partial charge in [-0.2, -0.15) is 0 Å². The molecule has 1 aromatic carbocycles. The first-order valence-electron chi connectivity index (χ1n) is 6.13. The fourth-order valence-corrected chi connectivity index (χ4v) is 1.81. The van der Waals surface area contributed by atoms with Gasteiger partial charge in [-0.25, -0.2) is 0 Å². The summed E-state index contributed by atoms with van der Waals surface area (Å²) in [6, 6.07) is 7.95. The molecule has 0 aromatic heterocycles. The van der Waals surface area contributed by atoms with Crippen LogP contribution in [-0.4, -0.2) is 11.1 Å². The number of nitrogens with one attached hydrogen (secondary N) is 1. The maximum Gasteiger partial charge on any atom is 0.115 e. The van der Waals surface area contributed by atoms with Gasteiger partial charge in [0.1, 0.15) is 5.75 Å². The second kappa shape index (κ2) is 6.54. The topological polar surface area (TPSA) is 32.3 Å². The van der Waals surface area contributed by atoms with Crippen molar-refractivity contribution < 1.29 is 5.11 Å². The molecule has 1 rings (SSSR count). The van der Waals surface area contributed by atoms with Crippen molar-refractivity contribution in [3.63, 3.8) is 0 Å². The second-order valence-electron chi connectivity index (χ2n) is 4.70. The number of phenols is 1. The van der Waals surface area contributed by atoms with E-state index in [2.05, 4.69) is 26.1 Å². The molecule has 16 heavy (non-hydrogen) atoms. The fourth-order valence-electron chi connectivity index (χ4n) is 1.81. The Labute approximate surface area is 98.7 Å². The Kier molecular flexibility index (Phi) is 5.33. The molecule has 0 aliphatic carbocycles. The zero-order chi connectivity index (χ0) is 12.0. The van der Waals surface area contributed by atoms with E-state index in [1.807, 2.05) is 18.2 Å². The first-order chi connectivity index (χ1) is 7.61. The van der Waals surface area contributed by atoms with Crippen LogP contribution in [0.1, 0.15) is 39.2 Å². The summed E-state index contributed by atoms with van der Waals surface area (Å²) in [5.41, 5.74) is 1.14. The molecule has 2 atom stereocenters. The molecule has 0 amide bonds. The summed E-state index contributed by atoms with van der Waals surface area (Å²) < 4.78 is 0. The van der Waals surface area contributed by atoms with Gasteiger partial charge in [0.15, 0.2) is 0 Å².